The molecule has 0 radical (unpaired) electrons. The lowest BCUT2D eigenvalue weighted by Crippen LogP contribution is -2.31. The minimum atomic E-state index is -1.15. The third-order valence-corrected chi connectivity index (χ3v) is 6.21. The number of carbonyl (C=O) groups is 4. The number of halogens is 1. The van der Waals surface area contributed by atoms with Gasteiger partial charge in [0, 0.05) is 29.1 Å². The molecule has 9 nitrogen and oxygen atoms in total. The minimum Gasteiger partial charge on any atom is -0.478 e. The van der Waals surface area contributed by atoms with Crippen molar-refractivity contribution in [2.24, 2.45) is 0 Å². The van der Waals surface area contributed by atoms with Crippen LogP contribution in [0.25, 0.3) is 11.3 Å². The monoisotopic (exact) mass is 577 g/mol. The van der Waals surface area contributed by atoms with Gasteiger partial charge in [-0.15, -0.1) is 0 Å². The zero-order valence-corrected chi connectivity index (χ0v) is 22.2. The van der Waals surface area contributed by atoms with E-state index in [9.17, 15) is 24.3 Å². The zero-order chi connectivity index (χ0) is 27.4. The van der Waals surface area contributed by atoms with E-state index in [2.05, 4.69) is 26.7 Å². The summed E-state index contributed by atoms with van der Waals surface area (Å²) in [5, 5.41) is 13.5. The van der Waals surface area contributed by atoms with E-state index in [4.69, 9.17) is 4.84 Å². The number of rotatable bonds is 8. The first-order valence-corrected chi connectivity index (χ1v) is 12.7. The number of benzene rings is 3. The van der Waals surface area contributed by atoms with E-state index in [1.807, 2.05) is 30.3 Å². The van der Waals surface area contributed by atoms with Crippen molar-refractivity contribution in [2.45, 2.75) is 13.8 Å². The molecule has 0 aliphatic carbocycles. The average Bonchev–Trinajstić information content (AvgIpc) is 3.18. The Balaban J connectivity index is 1.82. The quantitative estimate of drug-likeness (QED) is 0.154. The van der Waals surface area contributed by atoms with Crippen LogP contribution >= 0.6 is 15.9 Å². The van der Waals surface area contributed by atoms with Crippen molar-refractivity contribution >= 4 is 62.3 Å². The highest BCUT2D eigenvalue weighted by molar-refractivity contribution is 9.09. The summed E-state index contributed by atoms with van der Waals surface area (Å²) in [4.78, 5) is 56.2. The summed E-state index contributed by atoms with van der Waals surface area (Å²) < 4.78 is 0. The van der Waals surface area contributed by atoms with Crippen LogP contribution < -0.4 is 15.7 Å². The highest BCUT2D eigenvalue weighted by Gasteiger charge is 2.38. The van der Waals surface area contributed by atoms with Crippen LogP contribution in [0.4, 0.5) is 11.4 Å². The predicted octanol–water partition coefficient (Wildman–Crippen LogP) is 4.62. The molecule has 0 spiro atoms. The Morgan fingerprint density at radius 3 is 2.29 bits per heavy atom. The van der Waals surface area contributed by atoms with E-state index in [0.717, 1.165) is 4.90 Å². The molecule has 0 atom stereocenters. The second kappa shape index (κ2) is 11.4. The average molecular weight is 578 g/mol. The maximum atomic E-state index is 13.7. The third kappa shape index (κ3) is 5.36. The summed E-state index contributed by atoms with van der Waals surface area (Å²) in [5.41, 5.74) is 5.78. The van der Waals surface area contributed by atoms with Gasteiger partial charge in [0.2, 0.25) is 5.91 Å². The summed E-state index contributed by atoms with van der Waals surface area (Å²) in [6, 6.07) is 18.7. The Morgan fingerprint density at radius 1 is 1.00 bits per heavy atom. The number of hydroxylamine groups is 1. The fourth-order valence-corrected chi connectivity index (χ4v) is 4.31. The number of anilines is 2. The Labute approximate surface area is 227 Å². The summed E-state index contributed by atoms with van der Waals surface area (Å²) in [6.45, 7) is 3.22. The van der Waals surface area contributed by atoms with Crippen LogP contribution in [0.2, 0.25) is 0 Å². The van der Waals surface area contributed by atoms with Gasteiger partial charge in [-0.05, 0) is 54.4 Å². The zero-order valence-electron chi connectivity index (χ0n) is 20.6. The van der Waals surface area contributed by atoms with Gasteiger partial charge >= 0.3 is 5.97 Å². The number of carbonyl (C=O) groups excluding carboxylic acids is 3. The van der Waals surface area contributed by atoms with Gasteiger partial charge in [0.15, 0.2) is 0 Å². The number of carboxylic acids is 1. The topological polar surface area (TPSA) is 125 Å². The van der Waals surface area contributed by atoms with E-state index >= 15 is 0 Å². The van der Waals surface area contributed by atoms with Gasteiger partial charge in [-0.2, -0.15) is 0 Å². The van der Waals surface area contributed by atoms with Gasteiger partial charge in [-0.1, -0.05) is 46.3 Å². The lowest BCUT2D eigenvalue weighted by atomic mass is 9.96. The van der Waals surface area contributed by atoms with Crippen molar-refractivity contribution in [1.29, 1.82) is 0 Å². The van der Waals surface area contributed by atoms with Crippen LogP contribution in [0.15, 0.2) is 66.7 Å². The maximum Gasteiger partial charge on any atom is 0.336 e. The fourth-order valence-electron chi connectivity index (χ4n) is 4.15. The normalized spacial score (nSPS) is 13.7. The van der Waals surface area contributed by atoms with Crippen molar-refractivity contribution in [2.75, 3.05) is 22.2 Å². The molecule has 4 rings (SSSR count). The molecule has 0 aromatic heterocycles. The molecular formula is C28H24BrN3O6. The number of hydrogen-bond donors (Lipinski definition) is 3. The predicted molar refractivity (Wildman–Crippen MR) is 147 cm³/mol. The summed E-state index contributed by atoms with van der Waals surface area (Å²) in [6.07, 6.45) is 0. The number of aryl methyl sites for hydroxylation is 1. The first kappa shape index (κ1) is 26.8. The SMILES string of the molecule is CC(=O)N1C(=O)C(=C(Nc2ccc(C(=O)NOCCBr)cc2)c2ccccc2)c2cc(C)c(C(=O)O)cc21. The molecule has 38 heavy (non-hydrogen) atoms. The number of hydrogen-bond acceptors (Lipinski definition) is 6. The number of alkyl halides is 1. The van der Waals surface area contributed by atoms with E-state index in [1.165, 1.54) is 13.0 Å². The largest absolute Gasteiger partial charge is 0.478 e. The first-order chi connectivity index (χ1) is 18.2. The first-order valence-electron chi connectivity index (χ1n) is 11.6. The summed E-state index contributed by atoms with van der Waals surface area (Å²) in [7, 11) is 0. The highest BCUT2D eigenvalue weighted by Crippen LogP contribution is 2.42. The second-order valence-electron chi connectivity index (χ2n) is 8.44. The van der Waals surface area contributed by atoms with Crippen LogP contribution in [-0.4, -0.2) is 40.7 Å². The van der Waals surface area contributed by atoms with Crippen LogP contribution in [0.3, 0.4) is 0 Å². The van der Waals surface area contributed by atoms with Gasteiger partial charge in [0.05, 0.1) is 29.1 Å². The molecule has 0 unspecified atom stereocenters. The lowest BCUT2D eigenvalue weighted by molar-refractivity contribution is -0.122. The third-order valence-electron chi connectivity index (χ3n) is 5.89. The summed E-state index contributed by atoms with van der Waals surface area (Å²) in [5.74, 6) is -2.65. The molecule has 3 aromatic rings. The molecule has 10 heteroatoms. The maximum absolute atomic E-state index is 13.7. The molecule has 1 heterocycles. The molecule has 0 bridgehead atoms. The van der Waals surface area contributed by atoms with Crippen LogP contribution in [0.5, 0.6) is 0 Å². The molecule has 3 aromatic carbocycles. The molecule has 0 saturated heterocycles. The Morgan fingerprint density at radius 2 is 1.68 bits per heavy atom. The second-order valence-corrected chi connectivity index (χ2v) is 9.23. The van der Waals surface area contributed by atoms with Crippen molar-refractivity contribution in [1.82, 2.24) is 5.48 Å². The van der Waals surface area contributed by atoms with Gasteiger partial charge in [0.1, 0.15) is 0 Å². The number of fused-ring (bicyclic) bond motifs is 1. The minimum absolute atomic E-state index is 0.00671. The number of carboxylic acid groups (broad SMARTS) is 1. The number of nitrogens with one attached hydrogen (secondary N) is 2. The van der Waals surface area contributed by atoms with E-state index in [1.54, 1.807) is 37.3 Å². The van der Waals surface area contributed by atoms with Crippen molar-refractivity contribution < 1.29 is 29.1 Å². The van der Waals surface area contributed by atoms with Crippen molar-refractivity contribution in [3.8, 4) is 0 Å². The van der Waals surface area contributed by atoms with E-state index in [-0.39, 0.29) is 16.8 Å². The van der Waals surface area contributed by atoms with Crippen molar-refractivity contribution in [3.63, 3.8) is 0 Å². The van der Waals surface area contributed by atoms with Gasteiger partial charge < -0.3 is 10.4 Å². The van der Waals surface area contributed by atoms with Gasteiger partial charge in [0.25, 0.3) is 11.8 Å². The van der Waals surface area contributed by atoms with Gasteiger partial charge in [-0.3, -0.25) is 19.2 Å². The smallest absolute Gasteiger partial charge is 0.336 e. The summed E-state index contributed by atoms with van der Waals surface area (Å²) >= 11 is 3.21. The molecule has 0 fully saturated rings. The number of imide groups is 1. The van der Waals surface area contributed by atoms with Crippen LogP contribution in [-0.2, 0) is 14.4 Å². The Kier molecular flexibility index (Phi) is 8.04. The molecule has 1 aliphatic heterocycles. The Bertz CT molecular complexity index is 1450. The standard InChI is InChI=1S/C28H24BrN3O6/c1-16-14-22-23(15-21(16)28(36)37)32(17(2)33)27(35)24(22)25(18-6-4-3-5-7-18)30-20-10-8-19(9-11-20)26(34)31-38-13-12-29/h3-11,14-15,30H,12-13H2,1-2H3,(H,31,34)(H,36,37). The van der Waals surface area contributed by atoms with E-state index in [0.29, 0.717) is 45.6 Å². The van der Waals surface area contributed by atoms with Crippen molar-refractivity contribution in [3.05, 3.63) is 94.5 Å². The lowest BCUT2D eigenvalue weighted by Gasteiger charge is -2.16. The molecular weight excluding hydrogens is 554 g/mol. The van der Waals surface area contributed by atoms with Gasteiger partial charge in [-0.25, -0.2) is 15.2 Å². The molecule has 194 valence electrons. The molecule has 1 aliphatic rings. The van der Waals surface area contributed by atoms with Crippen LogP contribution in [0, 0.1) is 6.92 Å². The van der Waals surface area contributed by atoms with Crippen LogP contribution in [0.1, 0.15) is 44.3 Å². The number of amides is 3. The Hall–Kier alpha value is -4.28. The number of nitrogens with zero attached hydrogens (tertiary/aromatic N) is 1. The van der Waals surface area contributed by atoms with E-state index < -0.39 is 23.7 Å². The fraction of sp³-hybridized carbons (Fsp3) is 0.143. The molecule has 3 N–H and O–H groups in total. The number of aromatic carboxylic acids is 1. The highest BCUT2D eigenvalue weighted by atomic mass is 79.9. The molecule has 0 saturated carbocycles. The molecule has 3 amide bonds.